The molecule has 0 saturated carbocycles. The topological polar surface area (TPSA) is 26.3 Å². The smallest absolute Gasteiger partial charge is 0.189 e. The van der Waals surface area contributed by atoms with Crippen LogP contribution >= 0.6 is 0 Å². The number of allylic oxidation sites excluding steroid dienone is 2. The average Bonchev–Trinajstić information content (AvgIpc) is 2.92. The van der Waals surface area contributed by atoms with E-state index in [1.165, 1.54) is 17.6 Å². The van der Waals surface area contributed by atoms with Crippen molar-refractivity contribution in [2.75, 3.05) is 6.61 Å². The Morgan fingerprint density at radius 2 is 1.76 bits per heavy atom. The molecule has 0 unspecified atom stereocenters. The van der Waals surface area contributed by atoms with Crippen LogP contribution in [-0.2, 0) is 6.42 Å². The highest BCUT2D eigenvalue weighted by Gasteiger charge is 2.32. The van der Waals surface area contributed by atoms with Gasteiger partial charge in [-0.1, -0.05) is 0 Å². The van der Waals surface area contributed by atoms with Crippen molar-refractivity contribution in [3.8, 4) is 5.75 Å². The van der Waals surface area contributed by atoms with E-state index < -0.39 is 0 Å². The van der Waals surface area contributed by atoms with E-state index in [1.807, 2.05) is 0 Å². The molecular formula is C15H14O2. The lowest BCUT2D eigenvalue weighted by molar-refractivity contribution is 0.103. The van der Waals surface area contributed by atoms with Crippen LogP contribution in [0.2, 0.25) is 0 Å². The molecule has 1 aliphatic heterocycles. The molecular weight excluding hydrogens is 212 g/mol. The number of Topliss-reactive ketones (excluding diaryl/α,β-unsaturated/α-hetero) is 1. The number of fused-ring (bicyclic) bond motifs is 3. The molecule has 4 rings (SSSR count). The van der Waals surface area contributed by atoms with Gasteiger partial charge in [-0.15, -0.1) is 0 Å². The van der Waals surface area contributed by atoms with Gasteiger partial charge in [0.15, 0.2) is 5.78 Å². The lowest BCUT2D eigenvalue weighted by Gasteiger charge is -2.13. The Balaban J connectivity index is 1.94. The molecule has 0 bridgehead atoms. The zero-order valence-electron chi connectivity index (χ0n) is 9.71. The van der Waals surface area contributed by atoms with Crippen molar-refractivity contribution < 1.29 is 9.53 Å². The normalized spacial score (nSPS) is 21.1. The summed E-state index contributed by atoms with van der Waals surface area (Å²) in [5.74, 6) is 1.28. The maximum atomic E-state index is 12.3. The molecule has 0 radical (unpaired) electrons. The molecule has 1 aromatic rings. The van der Waals surface area contributed by atoms with E-state index in [-0.39, 0.29) is 5.78 Å². The molecule has 0 N–H and O–H groups in total. The molecule has 1 heterocycles. The van der Waals surface area contributed by atoms with Crippen LogP contribution < -0.4 is 4.74 Å². The van der Waals surface area contributed by atoms with Crippen LogP contribution in [0.3, 0.4) is 0 Å². The van der Waals surface area contributed by atoms with E-state index in [4.69, 9.17) is 4.74 Å². The molecule has 0 atom stereocenters. The van der Waals surface area contributed by atoms with E-state index in [0.29, 0.717) is 0 Å². The Morgan fingerprint density at radius 1 is 0.941 bits per heavy atom. The minimum Gasteiger partial charge on any atom is -0.493 e. The summed E-state index contributed by atoms with van der Waals surface area (Å²) < 4.78 is 5.60. The van der Waals surface area contributed by atoms with Crippen molar-refractivity contribution in [2.24, 2.45) is 0 Å². The second kappa shape index (κ2) is 3.22. The molecule has 0 amide bonds. The summed E-state index contributed by atoms with van der Waals surface area (Å²) in [4.78, 5) is 12.3. The van der Waals surface area contributed by atoms with Gasteiger partial charge in [-0.2, -0.15) is 0 Å². The molecule has 0 spiro atoms. The first-order chi connectivity index (χ1) is 8.34. The van der Waals surface area contributed by atoms with Crippen molar-refractivity contribution in [3.63, 3.8) is 0 Å². The van der Waals surface area contributed by atoms with Gasteiger partial charge >= 0.3 is 0 Å². The molecule has 2 heteroatoms. The van der Waals surface area contributed by atoms with Crippen molar-refractivity contribution in [1.29, 1.82) is 0 Å². The van der Waals surface area contributed by atoms with Gasteiger partial charge in [-0.25, -0.2) is 0 Å². The number of rotatable bonds is 0. The maximum Gasteiger partial charge on any atom is 0.189 e. The Hall–Kier alpha value is -1.57. The van der Waals surface area contributed by atoms with Crippen molar-refractivity contribution in [3.05, 3.63) is 34.4 Å². The molecule has 86 valence electrons. The summed E-state index contributed by atoms with van der Waals surface area (Å²) in [5, 5.41) is 0. The monoisotopic (exact) mass is 226 g/mol. The van der Waals surface area contributed by atoms with Gasteiger partial charge < -0.3 is 4.74 Å². The summed E-state index contributed by atoms with van der Waals surface area (Å²) in [5.41, 5.74) is 5.67. The minimum absolute atomic E-state index is 0.282. The lowest BCUT2D eigenvalue weighted by Crippen LogP contribution is -2.01. The minimum atomic E-state index is 0.282. The van der Waals surface area contributed by atoms with Crippen LogP contribution in [0, 0.1) is 0 Å². The predicted octanol–water partition coefficient (Wildman–Crippen LogP) is 3.15. The zero-order valence-corrected chi connectivity index (χ0v) is 9.71. The molecule has 3 aliphatic rings. The number of hydrogen-bond donors (Lipinski definition) is 0. The summed E-state index contributed by atoms with van der Waals surface area (Å²) in [6.45, 7) is 0.762. The van der Waals surface area contributed by atoms with E-state index in [9.17, 15) is 4.79 Å². The fourth-order valence-corrected chi connectivity index (χ4v) is 3.28. The first-order valence-corrected chi connectivity index (χ1v) is 6.41. The molecule has 2 nitrogen and oxygen atoms in total. The maximum absolute atomic E-state index is 12.3. The molecule has 0 saturated heterocycles. The van der Waals surface area contributed by atoms with Crippen LogP contribution in [0.15, 0.2) is 17.7 Å². The third-order valence-corrected chi connectivity index (χ3v) is 4.14. The molecule has 0 fully saturated rings. The second-order valence-corrected chi connectivity index (χ2v) is 5.10. The molecule has 17 heavy (non-hydrogen) atoms. The average molecular weight is 226 g/mol. The third kappa shape index (κ3) is 1.18. The highest BCUT2D eigenvalue weighted by molar-refractivity contribution is 6.21. The highest BCUT2D eigenvalue weighted by Crippen LogP contribution is 2.44. The largest absolute Gasteiger partial charge is 0.493 e. The highest BCUT2D eigenvalue weighted by atomic mass is 16.5. The predicted molar refractivity (Wildman–Crippen MR) is 65.4 cm³/mol. The Kier molecular flexibility index (Phi) is 1.79. The van der Waals surface area contributed by atoms with Gasteiger partial charge in [0, 0.05) is 17.6 Å². The summed E-state index contributed by atoms with van der Waals surface area (Å²) in [6, 6.07) is 4.17. The standard InChI is InChI=1S/C15H14O2/c16-15-11-4-2-1-3-10(11)12-8-14-9(5-6-17-14)7-13(12)15/h7-8H,1-6H2. The SMILES string of the molecule is O=C1C2=C(CCCC2)c2cc3c(cc21)CCO3. The summed E-state index contributed by atoms with van der Waals surface area (Å²) in [7, 11) is 0. The van der Waals surface area contributed by atoms with Gasteiger partial charge in [-0.3, -0.25) is 4.79 Å². The first-order valence-electron chi connectivity index (χ1n) is 6.41. The van der Waals surface area contributed by atoms with Crippen LogP contribution in [0.4, 0.5) is 0 Å². The summed E-state index contributed by atoms with van der Waals surface area (Å²) in [6.07, 6.45) is 5.35. The van der Waals surface area contributed by atoms with E-state index in [1.54, 1.807) is 0 Å². The van der Waals surface area contributed by atoms with Gasteiger partial charge in [0.05, 0.1) is 6.61 Å². The molecule has 2 aliphatic carbocycles. The van der Waals surface area contributed by atoms with Gasteiger partial charge in [0.1, 0.15) is 5.75 Å². The van der Waals surface area contributed by atoms with Crippen molar-refractivity contribution in [1.82, 2.24) is 0 Å². The number of carbonyl (C=O) groups excluding carboxylic acids is 1. The molecule has 0 aromatic heterocycles. The van der Waals surface area contributed by atoms with Crippen LogP contribution in [-0.4, -0.2) is 12.4 Å². The Morgan fingerprint density at radius 3 is 2.65 bits per heavy atom. The number of benzene rings is 1. The summed E-state index contributed by atoms with van der Waals surface area (Å²) >= 11 is 0. The molecule has 1 aromatic carbocycles. The van der Waals surface area contributed by atoms with Gasteiger partial charge in [0.25, 0.3) is 0 Å². The van der Waals surface area contributed by atoms with Gasteiger partial charge in [-0.05, 0) is 54.5 Å². The van der Waals surface area contributed by atoms with E-state index >= 15 is 0 Å². The number of ether oxygens (including phenoxy) is 1. The van der Waals surface area contributed by atoms with Crippen LogP contribution in [0.5, 0.6) is 5.75 Å². The van der Waals surface area contributed by atoms with Crippen LogP contribution in [0.25, 0.3) is 5.57 Å². The van der Waals surface area contributed by atoms with E-state index in [2.05, 4.69) is 12.1 Å². The lowest BCUT2D eigenvalue weighted by atomic mass is 9.91. The van der Waals surface area contributed by atoms with Crippen molar-refractivity contribution in [2.45, 2.75) is 32.1 Å². The van der Waals surface area contributed by atoms with Crippen molar-refractivity contribution >= 4 is 11.4 Å². The number of hydrogen-bond acceptors (Lipinski definition) is 2. The van der Waals surface area contributed by atoms with E-state index in [0.717, 1.165) is 54.7 Å². The number of carbonyl (C=O) groups is 1. The Bertz CT molecular complexity index is 567. The fourth-order valence-electron chi connectivity index (χ4n) is 3.28. The number of ketones is 1. The Labute approximate surface area is 100 Å². The zero-order chi connectivity index (χ0) is 11.4. The quantitative estimate of drug-likeness (QED) is 0.679. The first kappa shape index (κ1) is 9.46. The second-order valence-electron chi connectivity index (χ2n) is 5.10. The van der Waals surface area contributed by atoms with Gasteiger partial charge in [0.2, 0.25) is 0 Å². The third-order valence-electron chi connectivity index (χ3n) is 4.14. The fraction of sp³-hybridized carbons (Fsp3) is 0.400. The van der Waals surface area contributed by atoms with Crippen LogP contribution in [0.1, 0.15) is 47.2 Å².